The summed E-state index contributed by atoms with van der Waals surface area (Å²) >= 11 is 0. The van der Waals surface area contributed by atoms with Crippen molar-refractivity contribution >= 4 is 39.5 Å². The van der Waals surface area contributed by atoms with E-state index in [9.17, 15) is 9.59 Å². The van der Waals surface area contributed by atoms with Gasteiger partial charge in [-0.1, -0.05) is 112 Å². The molecule has 0 bridgehead atoms. The number of carbonyl (C=O) groups excluding carboxylic acids is 2. The minimum absolute atomic E-state index is 0.0194. The highest BCUT2D eigenvalue weighted by atomic mass is 28.3. The van der Waals surface area contributed by atoms with E-state index in [1.165, 1.54) is 0 Å². The van der Waals surface area contributed by atoms with Gasteiger partial charge in [0.2, 0.25) is 0 Å². The number of imidazole rings is 2. The third-order valence-corrected chi connectivity index (χ3v) is 11.8. The average molecular weight is 869 g/mol. The maximum Gasteiger partial charge on any atom is 0.358 e. The molecule has 13 heteroatoms. The first-order valence-electron chi connectivity index (χ1n) is 20.9. The van der Waals surface area contributed by atoms with Crippen molar-refractivity contribution in [2.24, 2.45) is 9.98 Å². The number of benzene rings is 4. The number of ether oxygens (including phenoxy) is 3. The van der Waals surface area contributed by atoms with Gasteiger partial charge in [-0.25, -0.2) is 19.6 Å². The SMILES string of the molecule is C[Si](C)(C)C#Cc1ccc2c(c1)C(c1ccccc1)=NCc1c(C(=O)OCCOCCOC(=O)c3ncn4c3CN=C(c3ccccc3)c3cc(C#C[Si](C)(C)C)ccc3-4)ncn1-2. The molecular weight excluding hydrogens is 821 g/mol. The smallest absolute Gasteiger partial charge is 0.358 e. The Morgan fingerprint density at radius 3 is 1.38 bits per heavy atom. The quantitative estimate of drug-likeness (QED) is 0.0589. The van der Waals surface area contributed by atoms with Crippen LogP contribution in [0.3, 0.4) is 0 Å². The monoisotopic (exact) mass is 868 g/mol. The van der Waals surface area contributed by atoms with Crippen molar-refractivity contribution in [2.75, 3.05) is 26.4 Å². The highest BCUT2D eigenvalue weighted by Crippen LogP contribution is 2.30. The Morgan fingerprint density at radius 2 is 0.984 bits per heavy atom. The van der Waals surface area contributed by atoms with E-state index in [1.807, 2.05) is 94.1 Å². The van der Waals surface area contributed by atoms with E-state index in [0.717, 1.165) is 56.2 Å². The van der Waals surface area contributed by atoms with Gasteiger partial charge in [-0.05, 0) is 36.4 Å². The summed E-state index contributed by atoms with van der Waals surface area (Å²) in [7, 11) is -3.19. The lowest BCUT2D eigenvalue weighted by molar-refractivity contribution is 0.0145. The highest BCUT2D eigenvalue weighted by molar-refractivity contribution is 6.84. The molecule has 0 radical (unpaired) electrons. The number of nitrogens with zero attached hydrogens (tertiary/aromatic N) is 6. The number of rotatable bonds is 10. The van der Waals surface area contributed by atoms with Gasteiger partial charge in [-0.2, -0.15) is 0 Å². The maximum atomic E-state index is 13.4. The molecule has 0 saturated carbocycles. The van der Waals surface area contributed by atoms with Crippen LogP contribution in [0.5, 0.6) is 0 Å². The molecule has 316 valence electrons. The van der Waals surface area contributed by atoms with Crippen LogP contribution in [0.4, 0.5) is 0 Å². The third kappa shape index (κ3) is 9.92. The zero-order chi connectivity index (χ0) is 44.1. The molecular formula is C50H48N6O5Si2. The summed E-state index contributed by atoms with van der Waals surface area (Å²) in [5, 5.41) is 0. The first-order chi connectivity index (χ1) is 30.3. The number of hydrogen-bond acceptors (Lipinski definition) is 9. The van der Waals surface area contributed by atoms with E-state index in [4.69, 9.17) is 24.2 Å². The Hall–Kier alpha value is -6.91. The Bertz CT molecular complexity index is 2700. The number of aliphatic imine (C=N–C) groups is 2. The summed E-state index contributed by atoms with van der Waals surface area (Å²) in [5.74, 6) is 5.58. The van der Waals surface area contributed by atoms with Crippen LogP contribution in [0.2, 0.25) is 39.3 Å². The molecule has 8 rings (SSSR count). The normalized spacial score (nSPS) is 12.9. The van der Waals surface area contributed by atoms with Crippen LogP contribution < -0.4 is 0 Å². The molecule has 0 spiro atoms. The lowest BCUT2D eigenvalue weighted by Gasteiger charge is -2.13. The van der Waals surface area contributed by atoms with Crippen LogP contribution in [0.15, 0.2) is 120 Å². The van der Waals surface area contributed by atoms with E-state index in [2.05, 4.69) is 84.3 Å². The van der Waals surface area contributed by atoms with Crippen LogP contribution in [-0.2, 0) is 27.3 Å². The van der Waals surface area contributed by atoms with Crippen molar-refractivity contribution in [3.8, 4) is 34.3 Å². The molecule has 0 saturated heterocycles. The molecule has 2 aliphatic heterocycles. The topological polar surface area (TPSA) is 122 Å². The molecule has 0 N–H and O–H groups in total. The molecule has 2 aromatic heterocycles. The van der Waals surface area contributed by atoms with E-state index < -0.39 is 28.1 Å². The van der Waals surface area contributed by atoms with Gasteiger partial charge in [0.15, 0.2) is 11.4 Å². The number of esters is 2. The summed E-state index contributed by atoms with van der Waals surface area (Å²) < 4.78 is 20.7. The third-order valence-electron chi connectivity index (χ3n) is 10.1. The summed E-state index contributed by atoms with van der Waals surface area (Å²) in [5.41, 5.74) is 17.4. The number of fused-ring (bicyclic) bond motifs is 6. The Balaban J connectivity index is 0.892. The fourth-order valence-corrected chi connectivity index (χ4v) is 8.18. The van der Waals surface area contributed by atoms with Crippen LogP contribution in [0, 0.1) is 22.9 Å². The average Bonchev–Trinajstić information content (AvgIpc) is 3.81. The second kappa shape index (κ2) is 18.2. The van der Waals surface area contributed by atoms with E-state index in [-0.39, 0.29) is 50.9 Å². The van der Waals surface area contributed by atoms with Gasteiger partial charge in [-0.15, -0.1) is 11.1 Å². The predicted molar refractivity (Wildman–Crippen MR) is 251 cm³/mol. The zero-order valence-corrected chi connectivity index (χ0v) is 38.4. The van der Waals surface area contributed by atoms with Crippen molar-refractivity contribution in [1.29, 1.82) is 0 Å². The summed E-state index contributed by atoms with van der Waals surface area (Å²) in [6.45, 7) is 13.9. The second-order valence-electron chi connectivity index (χ2n) is 17.2. The lowest BCUT2D eigenvalue weighted by atomic mass is 9.98. The first-order valence-corrected chi connectivity index (χ1v) is 27.9. The van der Waals surface area contributed by atoms with Gasteiger partial charge >= 0.3 is 11.9 Å². The number of aromatic nitrogens is 4. The first kappa shape index (κ1) is 42.8. The fourth-order valence-electron chi connectivity index (χ4n) is 7.14. The Kier molecular flexibility index (Phi) is 12.4. The van der Waals surface area contributed by atoms with Crippen LogP contribution in [0.1, 0.15) is 65.7 Å². The largest absolute Gasteiger partial charge is 0.458 e. The van der Waals surface area contributed by atoms with Gasteiger partial charge in [0.25, 0.3) is 0 Å². The van der Waals surface area contributed by atoms with Crippen LogP contribution in [-0.4, -0.2) is 85.0 Å². The molecule has 6 aromatic rings. The standard InChI is InChI=1S/C50H48N6O5Si2/c1-62(2,3)27-21-35-17-19-41-39(29-35)45(37-13-9-7-10-14-37)51-31-43-47(53-33-55(41)43)49(57)60-25-23-59-24-26-61-50(58)48-44-32-52-46(38-15-11-8-12-16-38)40-30-36(22-28-63(4,5)6)18-20-42(40)56(44)34-54-48/h7-20,29-30,33-34H,23-26,31-32H2,1-6H3. The van der Waals surface area contributed by atoms with E-state index in [1.54, 1.807) is 12.7 Å². The van der Waals surface area contributed by atoms with Crippen molar-refractivity contribution in [2.45, 2.75) is 52.4 Å². The molecule has 0 fully saturated rings. The lowest BCUT2D eigenvalue weighted by Crippen LogP contribution is -2.16. The molecule has 2 aliphatic rings. The Labute approximate surface area is 369 Å². The van der Waals surface area contributed by atoms with Gasteiger partial charge in [0.1, 0.15) is 42.0 Å². The predicted octanol–water partition coefficient (Wildman–Crippen LogP) is 8.25. The van der Waals surface area contributed by atoms with E-state index >= 15 is 0 Å². The second-order valence-corrected chi connectivity index (χ2v) is 26.7. The zero-order valence-electron chi connectivity index (χ0n) is 36.4. The molecule has 4 aromatic carbocycles. The van der Waals surface area contributed by atoms with Crippen LogP contribution in [0.25, 0.3) is 11.4 Å². The van der Waals surface area contributed by atoms with E-state index in [0.29, 0.717) is 11.4 Å². The fraction of sp³-hybridized carbons (Fsp3) is 0.240. The minimum Gasteiger partial charge on any atom is -0.458 e. The summed E-state index contributed by atoms with van der Waals surface area (Å²) in [4.78, 5) is 45.7. The van der Waals surface area contributed by atoms with Crippen molar-refractivity contribution in [3.63, 3.8) is 0 Å². The summed E-state index contributed by atoms with van der Waals surface area (Å²) in [6.07, 6.45) is 3.28. The minimum atomic E-state index is -1.60. The van der Waals surface area contributed by atoms with Crippen LogP contribution >= 0.6 is 0 Å². The molecule has 4 heterocycles. The van der Waals surface area contributed by atoms with Gasteiger partial charge in [0.05, 0.1) is 60.5 Å². The molecule has 63 heavy (non-hydrogen) atoms. The highest BCUT2D eigenvalue weighted by Gasteiger charge is 2.27. The molecule has 0 unspecified atom stereocenters. The number of carbonyl (C=O) groups is 2. The maximum absolute atomic E-state index is 13.4. The molecule has 0 amide bonds. The van der Waals surface area contributed by atoms with Gasteiger partial charge in [0, 0.05) is 33.4 Å². The van der Waals surface area contributed by atoms with Gasteiger partial charge < -0.3 is 14.2 Å². The summed E-state index contributed by atoms with van der Waals surface area (Å²) in [6, 6.07) is 32.1. The van der Waals surface area contributed by atoms with Crippen molar-refractivity contribution < 1.29 is 23.8 Å². The van der Waals surface area contributed by atoms with Crippen molar-refractivity contribution in [1.82, 2.24) is 19.1 Å². The Morgan fingerprint density at radius 1 is 0.571 bits per heavy atom. The van der Waals surface area contributed by atoms with Crippen molar-refractivity contribution in [3.05, 3.63) is 166 Å². The molecule has 0 atom stereocenters. The molecule has 11 nitrogen and oxygen atoms in total. The van der Waals surface area contributed by atoms with Gasteiger partial charge in [-0.3, -0.25) is 19.1 Å². The molecule has 0 aliphatic carbocycles. The number of hydrogen-bond donors (Lipinski definition) is 0.